The molecule has 0 unspecified atom stereocenters. The molecule has 4 aromatic carbocycles. The summed E-state index contributed by atoms with van der Waals surface area (Å²) in [6, 6.07) is 31.7. The van der Waals surface area contributed by atoms with E-state index in [0.717, 1.165) is 11.2 Å². The minimum Gasteiger partial charge on any atom is -0.248 e. The van der Waals surface area contributed by atoms with Crippen LogP contribution in [0.3, 0.4) is 0 Å². The van der Waals surface area contributed by atoms with E-state index in [-0.39, 0.29) is 10.8 Å². The standard InChI is InChI=1S/C36H35N/c1-22-15-23(2)17-25(16-22)33-20-28(24-11-10-12-26(18-24)35(3,4)5)30-19-29-27-13-8-9-14-31(27)36(6,7)32(29)21-34(30)37-33/h8-21H,1-7H3. The maximum Gasteiger partial charge on any atom is 0.0719 e. The molecule has 1 heterocycles. The fourth-order valence-electron chi connectivity index (χ4n) is 6.08. The lowest BCUT2D eigenvalue weighted by atomic mass is 9.81. The Kier molecular flexibility index (Phi) is 5.21. The second-order valence-corrected chi connectivity index (χ2v) is 12.3. The van der Waals surface area contributed by atoms with E-state index in [1.807, 2.05) is 0 Å². The van der Waals surface area contributed by atoms with Gasteiger partial charge in [-0.3, -0.25) is 0 Å². The van der Waals surface area contributed by atoms with Crippen molar-refractivity contribution in [3.05, 3.63) is 113 Å². The highest BCUT2D eigenvalue weighted by atomic mass is 14.7. The zero-order valence-corrected chi connectivity index (χ0v) is 23.0. The Labute approximate surface area is 221 Å². The van der Waals surface area contributed by atoms with Crippen molar-refractivity contribution in [3.8, 4) is 33.5 Å². The fourth-order valence-corrected chi connectivity index (χ4v) is 6.08. The van der Waals surface area contributed by atoms with E-state index in [1.54, 1.807) is 0 Å². The van der Waals surface area contributed by atoms with Gasteiger partial charge in [-0.05, 0) is 88.5 Å². The molecule has 0 saturated carbocycles. The first-order valence-electron chi connectivity index (χ1n) is 13.3. The van der Waals surface area contributed by atoms with E-state index in [1.165, 1.54) is 61.0 Å². The molecule has 0 fully saturated rings. The summed E-state index contributed by atoms with van der Waals surface area (Å²) in [4.78, 5) is 5.29. The number of nitrogens with zero attached hydrogens (tertiary/aromatic N) is 1. The maximum absolute atomic E-state index is 5.29. The van der Waals surface area contributed by atoms with Gasteiger partial charge in [-0.25, -0.2) is 4.98 Å². The summed E-state index contributed by atoms with van der Waals surface area (Å²) in [6.07, 6.45) is 0. The largest absolute Gasteiger partial charge is 0.248 e. The van der Waals surface area contributed by atoms with Crippen molar-refractivity contribution in [1.29, 1.82) is 0 Å². The molecule has 1 heteroatoms. The molecule has 184 valence electrons. The summed E-state index contributed by atoms with van der Waals surface area (Å²) in [5, 5.41) is 1.21. The third kappa shape index (κ3) is 3.89. The molecule has 0 spiro atoms. The van der Waals surface area contributed by atoms with Crippen LogP contribution in [0.15, 0.2) is 84.9 Å². The maximum atomic E-state index is 5.29. The quantitative estimate of drug-likeness (QED) is 0.244. The van der Waals surface area contributed by atoms with Gasteiger partial charge in [0.1, 0.15) is 0 Å². The Morgan fingerprint density at radius 3 is 2.08 bits per heavy atom. The minimum atomic E-state index is -0.0515. The van der Waals surface area contributed by atoms with Gasteiger partial charge >= 0.3 is 0 Å². The van der Waals surface area contributed by atoms with Crippen LogP contribution >= 0.6 is 0 Å². The van der Waals surface area contributed by atoms with Crippen LogP contribution < -0.4 is 0 Å². The summed E-state index contributed by atoms with van der Waals surface area (Å²) < 4.78 is 0. The number of aromatic nitrogens is 1. The second-order valence-electron chi connectivity index (χ2n) is 12.3. The van der Waals surface area contributed by atoms with Crippen molar-refractivity contribution in [2.75, 3.05) is 0 Å². The number of fused-ring (bicyclic) bond motifs is 4. The van der Waals surface area contributed by atoms with E-state index in [0.29, 0.717) is 0 Å². The van der Waals surface area contributed by atoms with Gasteiger partial charge in [0, 0.05) is 16.4 Å². The average Bonchev–Trinajstić information content (AvgIpc) is 3.07. The molecule has 1 aliphatic rings. The highest BCUT2D eigenvalue weighted by Crippen LogP contribution is 2.50. The first-order chi connectivity index (χ1) is 17.5. The molecule has 0 radical (unpaired) electrons. The Hall–Kier alpha value is -3.71. The van der Waals surface area contributed by atoms with Crippen LogP contribution in [-0.2, 0) is 10.8 Å². The third-order valence-corrected chi connectivity index (χ3v) is 8.07. The van der Waals surface area contributed by atoms with E-state index in [9.17, 15) is 0 Å². The number of benzene rings is 4. The molecule has 0 saturated heterocycles. The molecular weight excluding hydrogens is 446 g/mol. The van der Waals surface area contributed by atoms with Crippen LogP contribution in [-0.4, -0.2) is 4.98 Å². The predicted octanol–water partition coefficient (Wildman–Crippen LogP) is 9.79. The van der Waals surface area contributed by atoms with E-state index in [4.69, 9.17) is 4.98 Å². The highest BCUT2D eigenvalue weighted by Gasteiger charge is 2.35. The van der Waals surface area contributed by atoms with Gasteiger partial charge in [-0.15, -0.1) is 0 Å². The Morgan fingerprint density at radius 2 is 1.35 bits per heavy atom. The highest BCUT2D eigenvalue weighted by molar-refractivity contribution is 6.01. The van der Waals surface area contributed by atoms with Gasteiger partial charge in [-0.2, -0.15) is 0 Å². The molecular formula is C36H35N. The minimum absolute atomic E-state index is 0.0515. The number of aryl methyl sites for hydroxylation is 2. The lowest BCUT2D eigenvalue weighted by molar-refractivity contribution is 0.590. The molecule has 5 aromatic rings. The van der Waals surface area contributed by atoms with Gasteiger partial charge in [0.2, 0.25) is 0 Å². The zero-order valence-electron chi connectivity index (χ0n) is 23.0. The van der Waals surface area contributed by atoms with Crippen molar-refractivity contribution >= 4 is 10.9 Å². The number of hydrogen-bond donors (Lipinski definition) is 0. The molecule has 1 nitrogen and oxygen atoms in total. The molecule has 0 amide bonds. The smallest absolute Gasteiger partial charge is 0.0719 e. The van der Waals surface area contributed by atoms with Gasteiger partial charge in [0.15, 0.2) is 0 Å². The second kappa shape index (κ2) is 8.15. The lowest BCUT2D eigenvalue weighted by Gasteiger charge is -2.22. The number of hydrogen-bond acceptors (Lipinski definition) is 1. The number of pyridine rings is 1. The van der Waals surface area contributed by atoms with Crippen LogP contribution in [0.2, 0.25) is 0 Å². The van der Waals surface area contributed by atoms with Gasteiger partial charge in [0.05, 0.1) is 11.2 Å². The topological polar surface area (TPSA) is 12.9 Å². The predicted molar refractivity (Wildman–Crippen MR) is 158 cm³/mol. The van der Waals surface area contributed by atoms with Gasteiger partial charge < -0.3 is 0 Å². The summed E-state index contributed by atoms with van der Waals surface area (Å²) in [5.74, 6) is 0. The van der Waals surface area contributed by atoms with Crippen molar-refractivity contribution in [3.63, 3.8) is 0 Å². The Bertz CT molecular complexity index is 1670. The van der Waals surface area contributed by atoms with E-state index < -0.39 is 0 Å². The van der Waals surface area contributed by atoms with Crippen LogP contribution in [0.25, 0.3) is 44.4 Å². The molecule has 37 heavy (non-hydrogen) atoms. The van der Waals surface area contributed by atoms with E-state index in [2.05, 4.69) is 133 Å². The normalized spacial score (nSPS) is 14.0. The van der Waals surface area contributed by atoms with E-state index >= 15 is 0 Å². The average molecular weight is 482 g/mol. The first-order valence-corrected chi connectivity index (χ1v) is 13.3. The molecule has 6 rings (SSSR count). The monoisotopic (exact) mass is 481 g/mol. The van der Waals surface area contributed by atoms with Crippen LogP contribution in [0.1, 0.15) is 62.4 Å². The Morgan fingerprint density at radius 1 is 0.622 bits per heavy atom. The molecule has 0 bridgehead atoms. The fraction of sp³-hybridized carbons (Fsp3) is 0.250. The van der Waals surface area contributed by atoms with Crippen molar-refractivity contribution in [2.45, 2.75) is 59.3 Å². The van der Waals surface area contributed by atoms with Crippen LogP contribution in [0, 0.1) is 13.8 Å². The van der Waals surface area contributed by atoms with Gasteiger partial charge in [-0.1, -0.05) is 100 Å². The first kappa shape index (κ1) is 23.7. The Balaban J connectivity index is 1.69. The summed E-state index contributed by atoms with van der Waals surface area (Å²) >= 11 is 0. The molecule has 0 aliphatic heterocycles. The molecule has 1 aliphatic carbocycles. The number of rotatable bonds is 2. The van der Waals surface area contributed by atoms with Crippen LogP contribution in [0.4, 0.5) is 0 Å². The van der Waals surface area contributed by atoms with Crippen molar-refractivity contribution in [1.82, 2.24) is 4.98 Å². The summed E-state index contributed by atoms with van der Waals surface area (Å²) in [5.41, 5.74) is 15.1. The molecule has 0 atom stereocenters. The SMILES string of the molecule is Cc1cc(C)cc(-c2cc(-c3cccc(C(C)(C)C)c3)c3cc4c(cc3n2)C(C)(C)c2ccccc2-4)c1. The van der Waals surface area contributed by atoms with Crippen molar-refractivity contribution < 1.29 is 0 Å². The third-order valence-electron chi connectivity index (χ3n) is 8.07. The zero-order chi connectivity index (χ0) is 26.1. The van der Waals surface area contributed by atoms with Crippen molar-refractivity contribution in [2.24, 2.45) is 0 Å². The summed E-state index contributed by atoms with van der Waals surface area (Å²) in [7, 11) is 0. The summed E-state index contributed by atoms with van der Waals surface area (Å²) in [6.45, 7) is 15.8. The molecule has 1 aromatic heterocycles. The molecule has 0 N–H and O–H groups in total. The van der Waals surface area contributed by atoms with Gasteiger partial charge in [0.25, 0.3) is 0 Å². The van der Waals surface area contributed by atoms with Crippen LogP contribution in [0.5, 0.6) is 0 Å². The lowest BCUT2D eigenvalue weighted by Crippen LogP contribution is -2.14.